The van der Waals surface area contributed by atoms with E-state index in [0.717, 1.165) is 16.0 Å². The van der Waals surface area contributed by atoms with E-state index in [1.54, 1.807) is 41.9 Å². The van der Waals surface area contributed by atoms with Crippen molar-refractivity contribution < 1.29 is 9.59 Å². The summed E-state index contributed by atoms with van der Waals surface area (Å²) in [6, 6.07) is 21.6. The van der Waals surface area contributed by atoms with Crippen molar-refractivity contribution in [3.63, 3.8) is 0 Å². The van der Waals surface area contributed by atoms with E-state index < -0.39 is 6.04 Å². The van der Waals surface area contributed by atoms with Crippen LogP contribution in [0.5, 0.6) is 0 Å². The number of hydrogen-bond donors (Lipinski definition) is 1. The predicted molar refractivity (Wildman–Crippen MR) is 142 cm³/mol. The number of likely N-dealkylation sites (N-methyl/N-ethyl adjacent to an activating group) is 1. The fourth-order valence-electron chi connectivity index (χ4n) is 3.48. The first-order valence-electron chi connectivity index (χ1n) is 10.7. The van der Waals surface area contributed by atoms with Crippen molar-refractivity contribution in [2.45, 2.75) is 30.3 Å². The zero-order valence-corrected chi connectivity index (χ0v) is 21.7. The summed E-state index contributed by atoms with van der Waals surface area (Å²) >= 11 is 20.0. The Morgan fingerprint density at radius 1 is 0.941 bits per heavy atom. The first kappa shape index (κ1) is 26.4. The Labute approximate surface area is 219 Å². The molecule has 34 heavy (non-hydrogen) atoms. The molecule has 0 aliphatic carbocycles. The van der Waals surface area contributed by atoms with Crippen molar-refractivity contribution >= 4 is 58.4 Å². The van der Waals surface area contributed by atoms with E-state index in [9.17, 15) is 9.59 Å². The van der Waals surface area contributed by atoms with Crippen LogP contribution in [0.25, 0.3) is 0 Å². The molecule has 3 aromatic carbocycles. The van der Waals surface area contributed by atoms with Crippen molar-refractivity contribution in [2.75, 3.05) is 12.8 Å². The summed E-state index contributed by atoms with van der Waals surface area (Å²) in [7, 11) is 1.58. The van der Waals surface area contributed by atoms with Crippen LogP contribution in [0, 0.1) is 0 Å². The van der Waals surface area contributed by atoms with Crippen LogP contribution in [0.3, 0.4) is 0 Å². The van der Waals surface area contributed by atoms with Gasteiger partial charge in [-0.05, 0) is 47.5 Å². The van der Waals surface area contributed by atoms with E-state index in [1.807, 2.05) is 54.6 Å². The molecule has 0 radical (unpaired) electrons. The van der Waals surface area contributed by atoms with Gasteiger partial charge >= 0.3 is 0 Å². The van der Waals surface area contributed by atoms with E-state index in [0.29, 0.717) is 27.2 Å². The molecule has 0 heterocycles. The molecular weight excluding hydrogens is 511 g/mol. The standard InChI is InChI=1S/C26H25Cl3N2O2S/c1-30-26(33)24(15-18-5-3-2-4-6-18)31(17-19-7-8-21(28)16-23(19)29)25(32)13-14-34-22-11-9-20(27)10-12-22/h2-12,16,24H,13-15,17H2,1H3,(H,30,33). The number of thioether (sulfide) groups is 1. The quantitative estimate of drug-likeness (QED) is 0.301. The van der Waals surface area contributed by atoms with Gasteiger partial charge in [0.05, 0.1) is 0 Å². The summed E-state index contributed by atoms with van der Waals surface area (Å²) in [4.78, 5) is 29.0. The molecule has 2 amide bonds. The molecule has 0 aromatic heterocycles. The van der Waals surface area contributed by atoms with Gasteiger partial charge in [0.2, 0.25) is 11.8 Å². The third-order valence-corrected chi connectivity index (χ3v) is 7.12. The minimum Gasteiger partial charge on any atom is -0.357 e. The van der Waals surface area contributed by atoms with E-state index in [1.165, 1.54) is 0 Å². The van der Waals surface area contributed by atoms with E-state index >= 15 is 0 Å². The highest BCUT2D eigenvalue weighted by Gasteiger charge is 2.30. The Bertz CT molecular complexity index is 1110. The minimum atomic E-state index is -0.688. The summed E-state index contributed by atoms with van der Waals surface area (Å²) < 4.78 is 0. The maximum atomic E-state index is 13.5. The Morgan fingerprint density at radius 3 is 2.26 bits per heavy atom. The van der Waals surface area contributed by atoms with Gasteiger partial charge in [-0.15, -0.1) is 11.8 Å². The molecule has 0 saturated heterocycles. The fraction of sp³-hybridized carbons (Fsp3) is 0.231. The van der Waals surface area contributed by atoms with Crippen LogP contribution in [0.1, 0.15) is 17.5 Å². The van der Waals surface area contributed by atoms with Gasteiger partial charge in [-0.25, -0.2) is 0 Å². The van der Waals surface area contributed by atoms with Crippen molar-refractivity contribution in [3.05, 3.63) is 99.0 Å². The number of carbonyl (C=O) groups is 2. The summed E-state index contributed by atoms with van der Waals surface area (Å²) in [5, 5.41) is 4.35. The third-order valence-electron chi connectivity index (χ3n) is 5.27. The van der Waals surface area contributed by atoms with Gasteiger partial charge in [-0.2, -0.15) is 0 Å². The number of benzene rings is 3. The van der Waals surface area contributed by atoms with Gasteiger partial charge in [-0.3, -0.25) is 9.59 Å². The zero-order chi connectivity index (χ0) is 24.5. The molecule has 1 unspecified atom stereocenters. The van der Waals surface area contributed by atoms with E-state index in [4.69, 9.17) is 34.8 Å². The Balaban J connectivity index is 1.83. The Hall–Kier alpha value is -2.18. The highest BCUT2D eigenvalue weighted by Crippen LogP contribution is 2.26. The first-order chi connectivity index (χ1) is 16.4. The van der Waals surface area contributed by atoms with Gasteiger partial charge < -0.3 is 10.2 Å². The maximum absolute atomic E-state index is 13.5. The number of hydrogen-bond acceptors (Lipinski definition) is 3. The van der Waals surface area contributed by atoms with Crippen molar-refractivity contribution in [3.8, 4) is 0 Å². The molecule has 1 N–H and O–H groups in total. The van der Waals surface area contributed by atoms with E-state index in [-0.39, 0.29) is 24.8 Å². The summed E-state index contributed by atoms with van der Waals surface area (Å²) in [5.74, 6) is 0.210. The number of carbonyl (C=O) groups excluding carboxylic acids is 2. The molecule has 0 spiro atoms. The zero-order valence-electron chi connectivity index (χ0n) is 18.6. The lowest BCUT2D eigenvalue weighted by atomic mass is 10.0. The Morgan fingerprint density at radius 2 is 1.62 bits per heavy atom. The van der Waals surface area contributed by atoms with Crippen LogP contribution >= 0.6 is 46.6 Å². The molecule has 0 aliphatic heterocycles. The van der Waals surface area contributed by atoms with Crippen LogP contribution < -0.4 is 5.32 Å². The first-order valence-corrected chi connectivity index (χ1v) is 12.9. The highest BCUT2D eigenvalue weighted by atomic mass is 35.5. The molecule has 3 rings (SSSR count). The highest BCUT2D eigenvalue weighted by molar-refractivity contribution is 7.99. The molecular formula is C26H25Cl3N2O2S. The SMILES string of the molecule is CNC(=O)C(Cc1ccccc1)N(Cc1ccc(Cl)cc1Cl)C(=O)CCSc1ccc(Cl)cc1. The van der Waals surface area contributed by atoms with Crippen LogP contribution in [0.4, 0.5) is 0 Å². The third kappa shape index (κ3) is 7.67. The lowest BCUT2D eigenvalue weighted by molar-refractivity contribution is -0.140. The molecule has 0 saturated carbocycles. The van der Waals surface area contributed by atoms with Gasteiger partial charge in [0.15, 0.2) is 0 Å². The van der Waals surface area contributed by atoms with Gasteiger partial charge in [-0.1, -0.05) is 71.2 Å². The minimum absolute atomic E-state index is 0.128. The monoisotopic (exact) mass is 534 g/mol. The van der Waals surface area contributed by atoms with E-state index in [2.05, 4.69) is 5.32 Å². The average molecular weight is 536 g/mol. The maximum Gasteiger partial charge on any atom is 0.242 e. The largest absolute Gasteiger partial charge is 0.357 e. The Kier molecular flexibility index (Phi) is 10.1. The molecule has 0 aliphatic rings. The molecule has 3 aromatic rings. The number of halogens is 3. The summed E-state index contributed by atoms with van der Waals surface area (Å²) in [6.07, 6.45) is 0.655. The summed E-state index contributed by atoms with van der Waals surface area (Å²) in [5.41, 5.74) is 1.69. The topological polar surface area (TPSA) is 49.4 Å². The predicted octanol–water partition coefficient (Wildman–Crippen LogP) is 6.52. The second kappa shape index (κ2) is 13.1. The number of rotatable bonds is 10. The number of amides is 2. The van der Waals surface area contributed by atoms with Crippen LogP contribution in [-0.4, -0.2) is 35.6 Å². The average Bonchev–Trinajstić information content (AvgIpc) is 2.83. The van der Waals surface area contributed by atoms with Crippen molar-refractivity contribution in [1.29, 1.82) is 0 Å². The van der Waals surface area contributed by atoms with Crippen LogP contribution in [0.15, 0.2) is 77.7 Å². The molecule has 4 nitrogen and oxygen atoms in total. The molecule has 178 valence electrons. The summed E-state index contributed by atoms with van der Waals surface area (Å²) in [6.45, 7) is 0.200. The van der Waals surface area contributed by atoms with Crippen molar-refractivity contribution in [1.82, 2.24) is 10.2 Å². The second-order valence-electron chi connectivity index (χ2n) is 7.63. The lowest BCUT2D eigenvalue weighted by Gasteiger charge is -2.31. The van der Waals surface area contributed by atoms with Gasteiger partial charge in [0, 0.05) is 52.2 Å². The molecule has 1 atom stereocenters. The number of nitrogens with zero attached hydrogens (tertiary/aromatic N) is 1. The molecule has 0 bridgehead atoms. The second-order valence-corrected chi connectivity index (χ2v) is 10.1. The number of nitrogens with one attached hydrogen (secondary N) is 1. The van der Waals surface area contributed by atoms with Gasteiger partial charge in [0.25, 0.3) is 0 Å². The molecule has 8 heteroatoms. The fourth-order valence-corrected chi connectivity index (χ4v) is 4.92. The smallest absolute Gasteiger partial charge is 0.242 e. The van der Waals surface area contributed by atoms with Gasteiger partial charge in [0.1, 0.15) is 6.04 Å². The van der Waals surface area contributed by atoms with Crippen LogP contribution in [0.2, 0.25) is 15.1 Å². The van der Waals surface area contributed by atoms with Crippen molar-refractivity contribution in [2.24, 2.45) is 0 Å². The normalized spacial score (nSPS) is 11.6. The van der Waals surface area contributed by atoms with Crippen LogP contribution in [-0.2, 0) is 22.6 Å². The molecule has 0 fully saturated rings. The lowest BCUT2D eigenvalue weighted by Crippen LogP contribution is -2.49.